The fourth-order valence-corrected chi connectivity index (χ4v) is 2.44. The monoisotopic (exact) mass is 303 g/mol. The molecule has 1 saturated heterocycles. The summed E-state index contributed by atoms with van der Waals surface area (Å²) in [6.07, 6.45) is 1.74. The minimum absolute atomic E-state index is 0.185. The number of anilines is 2. The van der Waals surface area contributed by atoms with Crippen LogP contribution in [0.2, 0.25) is 0 Å². The summed E-state index contributed by atoms with van der Waals surface area (Å²) in [5.41, 5.74) is 1.63. The van der Waals surface area contributed by atoms with Crippen LogP contribution in [0.15, 0.2) is 18.2 Å². The second-order valence-corrected chi connectivity index (χ2v) is 5.24. The van der Waals surface area contributed by atoms with Gasteiger partial charge in [-0.3, -0.25) is 24.5 Å². The third kappa shape index (κ3) is 2.98. The van der Waals surface area contributed by atoms with E-state index in [1.807, 2.05) is 0 Å². The van der Waals surface area contributed by atoms with E-state index < -0.39 is 11.9 Å². The molecule has 0 radical (unpaired) electrons. The molecule has 1 N–H and O–H groups in total. The Balaban J connectivity index is 2.42. The molecule has 1 fully saturated rings. The van der Waals surface area contributed by atoms with Gasteiger partial charge in [-0.25, -0.2) is 0 Å². The van der Waals surface area contributed by atoms with Gasteiger partial charge in [0.25, 0.3) is 0 Å². The Bertz CT molecular complexity index is 627. The zero-order valence-electron chi connectivity index (χ0n) is 12.4. The first-order valence-corrected chi connectivity index (χ1v) is 6.81. The maximum atomic E-state index is 12.0. The number of nitrogens with one attached hydrogen (secondary N) is 1. The van der Waals surface area contributed by atoms with Crippen LogP contribution < -0.4 is 15.1 Å². The maximum absolute atomic E-state index is 12.0. The number of piperidine rings is 1. The van der Waals surface area contributed by atoms with Gasteiger partial charge in [-0.05, 0) is 24.6 Å². The van der Waals surface area contributed by atoms with Crippen molar-refractivity contribution >= 4 is 35.9 Å². The molecule has 3 amide bonds. The number of aldehydes is 1. The van der Waals surface area contributed by atoms with Crippen molar-refractivity contribution in [3.63, 3.8) is 0 Å². The van der Waals surface area contributed by atoms with Crippen LogP contribution in [-0.2, 0) is 14.4 Å². The third-order valence-corrected chi connectivity index (χ3v) is 3.55. The van der Waals surface area contributed by atoms with Crippen molar-refractivity contribution in [2.24, 2.45) is 0 Å². The van der Waals surface area contributed by atoms with Gasteiger partial charge in [-0.2, -0.15) is 0 Å². The topological polar surface area (TPSA) is 86.8 Å². The van der Waals surface area contributed by atoms with Crippen molar-refractivity contribution in [3.8, 4) is 0 Å². The largest absolute Gasteiger partial charge is 0.376 e. The molecule has 0 bridgehead atoms. The number of carbonyl (C=O) groups excluding carboxylic acids is 4. The van der Waals surface area contributed by atoms with Crippen molar-refractivity contribution in [1.29, 1.82) is 0 Å². The normalized spacial score (nSPS) is 17.6. The molecular weight excluding hydrogens is 286 g/mol. The van der Waals surface area contributed by atoms with Gasteiger partial charge in [0, 0.05) is 26.1 Å². The Morgan fingerprint density at radius 2 is 1.91 bits per heavy atom. The summed E-state index contributed by atoms with van der Waals surface area (Å²) < 4.78 is 0. The van der Waals surface area contributed by atoms with Crippen LogP contribution in [0.3, 0.4) is 0 Å². The van der Waals surface area contributed by atoms with E-state index in [1.54, 1.807) is 37.2 Å². The van der Waals surface area contributed by atoms with Gasteiger partial charge >= 0.3 is 0 Å². The third-order valence-electron chi connectivity index (χ3n) is 3.55. The first-order chi connectivity index (χ1) is 10.5. The quantitative estimate of drug-likeness (QED) is 0.626. The molecule has 0 aromatic heterocycles. The Morgan fingerprint density at radius 1 is 1.18 bits per heavy atom. The molecule has 1 atom stereocenters. The average molecular weight is 303 g/mol. The smallest absolute Gasteiger partial charge is 0.249 e. The van der Waals surface area contributed by atoms with Crippen molar-refractivity contribution < 1.29 is 19.2 Å². The SMILES string of the molecule is CN(C)c1cc(C=O)ccc1N(C=O)C1CCC(=O)NC1=O. The summed E-state index contributed by atoms with van der Waals surface area (Å²) in [4.78, 5) is 48.7. The highest BCUT2D eigenvalue weighted by molar-refractivity contribution is 6.04. The number of rotatable bonds is 5. The molecule has 1 unspecified atom stereocenters. The van der Waals surface area contributed by atoms with Crippen LogP contribution in [0, 0.1) is 0 Å². The Morgan fingerprint density at radius 3 is 2.45 bits per heavy atom. The summed E-state index contributed by atoms with van der Waals surface area (Å²) >= 11 is 0. The van der Waals surface area contributed by atoms with Gasteiger partial charge in [-0.15, -0.1) is 0 Å². The molecule has 2 rings (SSSR count). The minimum atomic E-state index is -0.740. The molecule has 22 heavy (non-hydrogen) atoms. The van der Waals surface area contributed by atoms with Crippen LogP contribution in [0.4, 0.5) is 11.4 Å². The van der Waals surface area contributed by atoms with Crippen molar-refractivity contribution in [3.05, 3.63) is 23.8 Å². The predicted octanol–water partition coefficient (Wildman–Crippen LogP) is 0.333. The minimum Gasteiger partial charge on any atom is -0.376 e. The number of carbonyl (C=O) groups is 4. The van der Waals surface area contributed by atoms with Gasteiger partial charge in [0.15, 0.2) is 0 Å². The Labute approximate surface area is 127 Å². The molecule has 1 heterocycles. The van der Waals surface area contributed by atoms with Crippen LogP contribution >= 0.6 is 0 Å². The highest BCUT2D eigenvalue weighted by Gasteiger charge is 2.33. The molecule has 1 aliphatic rings. The van der Waals surface area contributed by atoms with Gasteiger partial charge in [0.05, 0.1) is 11.4 Å². The molecule has 7 heteroatoms. The van der Waals surface area contributed by atoms with E-state index in [4.69, 9.17) is 0 Å². The van der Waals surface area contributed by atoms with E-state index in [2.05, 4.69) is 5.32 Å². The maximum Gasteiger partial charge on any atom is 0.249 e. The van der Waals surface area contributed by atoms with Gasteiger partial charge in [-0.1, -0.05) is 0 Å². The van der Waals surface area contributed by atoms with E-state index in [-0.39, 0.29) is 18.7 Å². The molecule has 0 aliphatic carbocycles. The summed E-state index contributed by atoms with van der Waals surface area (Å²) in [5, 5.41) is 2.24. The average Bonchev–Trinajstić information content (AvgIpc) is 2.50. The number of nitrogens with zero attached hydrogens (tertiary/aromatic N) is 2. The summed E-state index contributed by atoms with van der Waals surface area (Å²) in [7, 11) is 3.56. The lowest BCUT2D eigenvalue weighted by molar-refractivity contribution is -0.134. The van der Waals surface area contributed by atoms with Crippen molar-refractivity contribution in [2.75, 3.05) is 23.9 Å². The highest BCUT2D eigenvalue weighted by atomic mass is 16.2. The molecule has 1 aromatic carbocycles. The Kier molecular flexibility index (Phi) is 4.55. The number of hydrogen-bond donors (Lipinski definition) is 1. The van der Waals surface area contributed by atoms with Gasteiger partial charge < -0.3 is 9.80 Å². The zero-order chi connectivity index (χ0) is 16.3. The molecule has 0 spiro atoms. The molecule has 116 valence electrons. The fraction of sp³-hybridized carbons (Fsp3) is 0.333. The first kappa shape index (κ1) is 15.7. The van der Waals surface area contributed by atoms with E-state index in [9.17, 15) is 19.2 Å². The number of imide groups is 1. The van der Waals surface area contributed by atoms with Crippen LogP contribution in [0.25, 0.3) is 0 Å². The van der Waals surface area contributed by atoms with Crippen LogP contribution in [-0.4, -0.2) is 44.6 Å². The molecular formula is C15H17N3O4. The summed E-state index contributed by atoms with van der Waals surface area (Å²) in [5.74, 6) is -0.830. The lowest BCUT2D eigenvalue weighted by Crippen LogP contribution is -2.52. The molecule has 7 nitrogen and oxygen atoms in total. The van der Waals surface area contributed by atoms with Crippen molar-refractivity contribution in [1.82, 2.24) is 5.32 Å². The van der Waals surface area contributed by atoms with E-state index in [0.717, 1.165) is 0 Å². The highest BCUT2D eigenvalue weighted by Crippen LogP contribution is 2.31. The summed E-state index contributed by atoms with van der Waals surface area (Å²) in [6, 6.07) is 4.11. The van der Waals surface area contributed by atoms with Crippen LogP contribution in [0.5, 0.6) is 0 Å². The zero-order valence-corrected chi connectivity index (χ0v) is 12.4. The second kappa shape index (κ2) is 6.38. The lowest BCUT2D eigenvalue weighted by atomic mass is 10.0. The van der Waals surface area contributed by atoms with E-state index in [0.29, 0.717) is 29.6 Å². The standard InChI is InChI=1S/C15H17N3O4/c1-17(2)13-7-10(8-19)3-4-11(13)18(9-20)12-5-6-14(21)16-15(12)22/h3-4,7-9,12H,5-6H2,1-2H3,(H,16,21,22). The van der Waals surface area contributed by atoms with E-state index >= 15 is 0 Å². The number of amides is 3. The van der Waals surface area contributed by atoms with Gasteiger partial charge in [0.2, 0.25) is 18.2 Å². The van der Waals surface area contributed by atoms with Crippen LogP contribution in [0.1, 0.15) is 23.2 Å². The van der Waals surface area contributed by atoms with Gasteiger partial charge in [0.1, 0.15) is 12.3 Å². The molecule has 1 aliphatic heterocycles. The number of benzene rings is 1. The molecule has 0 saturated carbocycles. The second-order valence-electron chi connectivity index (χ2n) is 5.24. The fourth-order valence-electron chi connectivity index (χ4n) is 2.44. The lowest BCUT2D eigenvalue weighted by Gasteiger charge is -2.32. The number of hydrogen-bond acceptors (Lipinski definition) is 5. The van der Waals surface area contributed by atoms with Crippen molar-refractivity contribution in [2.45, 2.75) is 18.9 Å². The first-order valence-electron chi connectivity index (χ1n) is 6.81. The molecule has 1 aromatic rings. The predicted molar refractivity (Wildman–Crippen MR) is 80.9 cm³/mol. The van der Waals surface area contributed by atoms with E-state index in [1.165, 1.54) is 4.90 Å². The Hall–Kier alpha value is -2.70. The summed E-state index contributed by atoms with van der Waals surface area (Å²) in [6.45, 7) is 0.